The van der Waals surface area contributed by atoms with Crippen LogP contribution in [0.4, 0.5) is 14.9 Å². The Bertz CT molecular complexity index is 804. The van der Waals surface area contributed by atoms with E-state index >= 15 is 0 Å². The van der Waals surface area contributed by atoms with Gasteiger partial charge in [-0.3, -0.25) is 4.79 Å². The fourth-order valence-corrected chi connectivity index (χ4v) is 2.70. The predicted molar refractivity (Wildman–Crippen MR) is 89.4 cm³/mol. The number of carbonyl (C=O) groups excluding carboxylic acids is 2. The molecule has 2 heterocycles. The van der Waals surface area contributed by atoms with Crippen LogP contribution in [0.3, 0.4) is 0 Å². The lowest BCUT2D eigenvalue weighted by Crippen LogP contribution is -2.50. The van der Waals surface area contributed by atoms with E-state index in [9.17, 15) is 14.0 Å². The van der Waals surface area contributed by atoms with Gasteiger partial charge in [-0.05, 0) is 20.8 Å². The standard InChI is InChI=1S/C17H20FN3O4/c1-17(2,3)25-16(23)21-6-4-20(5-7-21)13-9-14-12(8-11(13)18)19-15(10-22)24-14/h8-10H,4-7H2,1-3H3. The zero-order valence-corrected chi connectivity index (χ0v) is 14.4. The molecule has 0 atom stereocenters. The van der Waals surface area contributed by atoms with Gasteiger partial charge in [0.1, 0.15) is 16.9 Å². The van der Waals surface area contributed by atoms with Gasteiger partial charge in [-0.2, -0.15) is 0 Å². The largest absolute Gasteiger partial charge is 0.444 e. The zero-order valence-electron chi connectivity index (χ0n) is 14.4. The first-order chi connectivity index (χ1) is 11.8. The maximum atomic E-state index is 14.4. The summed E-state index contributed by atoms with van der Waals surface area (Å²) in [6.07, 6.45) is 0.117. The molecule has 0 N–H and O–H groups in total. The number of amides is 1. The van der Waals surface area contributed by atoms with Gasteiger partial charge in [0.2, 0.25) is 6.29 Å². The van der Waals surface area contributed by atoms with Crippen LogP contribution in [0.25, 0.3) is 11.1 Å². The van der Waals surface area contributed by atoms with Crippen molar-refractivity contribution in [3.8, 4) is 0 Å². The lowest BCUT2D eigenvalue weighted by atomic mass is 10.2. The first kappa shape index (κ1) is 17.2. The number of benzene rings is 1. The van der Waals surface area contributed by atoms with Crippen molar-refractivity contribution in [2.24, 2.45) is 0 Å². The number of hydrogen-bond acceptors (Lipinski definition) is 6. The molecule has 0 spiro atoms. The summed E-state index contributed by atoms with van der Waals surface area (Å²) in [7, 11) is 0. The van der Waals surface area contributed by atoms with E-state index in [1.165, 1.54) is 12.1 Å². The molecule has 3 rings (SSSR count). The van der Waals surface area contributed by atoms with Gasteiger partial charge in [0.05, 0.1) is 5.69 Å². The lowest BCUT2D eigenvalue weighted by molar-refractivity contribution is 0.0240. The fourth-order valence-electron chi connectivity index (χ4n) is 2.70. The molecule has 1 saturated heterocycles. The summed E-state index contributed by atoms with van der Waals surface area (Å²) in [5.41, 5.74) is 0.474. The molecule has 1 aromatic carbocycles. The van der Waals surface area contributed by atoms with Gasteiger partial charge in [-0.15, -0.1) is 0 Å². The van der Waals surface area contributed by atoms with Gasteiger partial charge in [0, 0.05) is 38.3 Å². The van der Waals surface area contributed by atoms with Gasteiger partial charge in [0.25, 0.3) is 5.89 Å². The number of hydrogen-bond donors (Lipinski definition) is 0. The topological polar surface area (TPSA) is 75.9 Å². The van der Waals surface area contributed by atoms with Crippen LogP contribution in [0.2, 0.25) is 0 Å². The number of aromatic nitrogens is 1. The van der Waals surface area contributed by atoms with Crippen molar-refractivity contribution in [1.82, 2.24) is 9.88 Å². The normalized spacial score (nSPS) is 15.5. The number of carbonyl (C=O) groups is 2. The summed E-state index contributed by atoms with van der Waals surface area (Å²) in [6, 6.07) is 2.79. The Kier molecular flexibility index (Phi) is 4.36. The van der Waals surface area contributed by atoms with E-state index < -0.39 is 11.4 Å². The summed E-state index contributed by atoms with van der Waals surface area (Å²) >= 11 is 0. The highest BCUT2D eigenvalue weighted by molar-refractivity contribution is 5.82. The molecule has 0 bridgehead atoms. The molecule has 2 aromatic rings. The van der Waals surface area contributed by atoms with Crippen molar-refractivity contribution in [3.05, 3.63) is 23.8 Å². The number of fused-ring (bicyclic) bond motifs is 1. The van der Waals surface area contributed by atoms with Gasteiger partial charge in [-0.25, -0.2) is 14.2 Å². The third-order valence-electron chi connectivity index (χ3n) is 3.85. The molecule has 1 aliphatic heterocycles. The Labute approximate surface area is 144 Å². The summed E-state index contributed by atoms with van der Waals surface area (Å²) < 4.78 is 25.0. The molecule has 0 aliphatic carbocycles. The van der Waals surface area contributed by atoms with Gasteiger partial charge in [0.15, 0.2) is 5.58 Å². The van der Waals surface area contributed by atoms with E-state index in [4.69, 9.17) is 9.15 Å². The zero-order chi connectivity index (χ0) is 18.2. The Morgan fingerprint density at radius 1 is 1.28 bits per heavy atom. The third-order valence-corrected chi connectivity index (χ3v) is 3.85. The molecule has 1 amide bonds. The number of ether oxygens (including phenoxy) is 1. The minimum atomic E-state index is -0.548. The van der Waals surface area contributed by atoms with Crippen molar-refractivity contribution in [3.63, 3.8) is 0 Å². The average Bonchev–Trinajstić information content (AvgIpc) is 2.94. The van der Waals surface area contributed by atoms with Crippen LogP contribution < -0.4 is 4.90 Å². The van der Waals surface area contributed by atoms with Crippen molar-refractivity contribution in [2.45, 2.75) is 26.4 Å². The second-order valence-electron chi connectivity index (χ2n) is 6.90. The summed E-state index contributed by atoms with van der Waals surface area (Å²) in [5, 5.41) is 0. The molecule has 8 heteroatoms. The number of oxazole rings is 1. The van der Waals surface area contributed by atoms with E-state index in [1.54, 1.807) is 4.90 Å². The highest BCUT2D eigenvalue weighted by Gasteiger charge is 2.27. The monoisotopic (exact) mass is 349 g/mol. The van der Waals surface area contributed by atoms with Gasteiger partial charge in [-0.1, -0.05) is 0 Å². The summed E-state index contributed by atoms with van der Waals surface area (Å²) in [6.45, 7) is 7.25. The van der Waals surface area contributed by atoms with E-state index in [0.29, 0.717) is 49.3 Å². The maximum absolute atomic E-state index is 14.4. The van der Waals surface area contributed by atoms with E-state index in [-0.39, 0.29) is 12.0 Å². The Balaban J connectivity index is 1.72. The second-order valence-corrected chi connectivity index (χ2v) is 6.90. The molecule has 0 radical (unpaired) electrons. The molecule has 0 unspecified atom stereocenters. The molecule has 1 fully saturated rings. The van der Waals surface area contributed by atoms with E-state index in [2.05, 4.69) is 4.98 Å². The minimum Gasteiger partial charge on any atom is -0.444 e. The summed E-state index contributed by atoms with van der Waals surface area (Å²) in [5.74, 6) is -0.523. The summed E-state index contributed by atoms with van der Waals surface area (Å²) in [4.78, 5) is 30.2. The molecule has 25 heavy (non-hydrogen) atoms. The number of halogens is 1. The van der Waals surface area contributed by atoms with Gasteiger partial charge < -0.3 is 19.0 Å². The number of aldehydes is 1. The third kappa shape index (κ3) is 3.72. The number of anilines is 1. The molecule has 7 nitrogen and oxygen atoms in total. The van der Waals surface area contributed by atoms with Crippen molar-refractivity contribution < 1.29 is 23.1 Å². The SMILES string of the molecule is CC(C)(C)OC(=O)N1CCN(c2cc3oc(C=O)nc3cc2F)CC1. The van der Waals surface area contributed by atoms with Gasteiger partial charge >= 0.3 is 6.09 Å². The molecular formula is C17H20FN3O4. The number of nitrogens with zero attached hydrogens (tertiary/aromatic N) is 3. The first-order valence-electron chi connectivity index (χ1n) is 8.05. The number of piperazine rings is 1. The lowest BCUT2D eigenvalue weighted by Gasteiger charge is -2.36. The van der Waals surface area contributed by atoms with Crippen molar-refractivity contribution in [1.29, 1.82) is 0 Å². The molecular weight excluding hydrogens is 329 g/mol. The van der Waals surface area contributed by atoms with Crippen LogP contribution in [-0.2, 0) is 4.74 Å². The van der Waals surface area contributed by atoms with Crippen molar-refractivity contribution in [2.75, 3.05) is 31.1 Å². The first-order valence-corrected chi connectivity index (χ1v) is 8.05. The van der Waals surface area contributed by atoms with Crippen LogP contribution in [0.1, 0.15) is 31.5 Å². The second kappa shape index (κ2) is 6.34. The molecule has 0 saturated carbocycles. The maximum Gasteiger partial charge on any atom is 0.410 e. The van der Waals surface area contributed by atoms with Crippen LogP contribution in [0.5, 0.6) is 0 Å². The smallest absolute Gasteiger partial charge is 0.410 e. The molecule has 1 aromatic heterocycles. The van der Waals surface area contributed by atoms with Crippen LogP contribution in [0.15, 0.2) is 16.5 Å². The van der Waals surface area contributed by atoms with E-state index in [0.717, 1.165) is 0 Å². The predicted octanol–water partition coefficient (Wildman–Crippen LogP) is 2.84. The van der Waals surface area contributed by atoms with Crippen molar-refractivity contribution >= 4 is 29.2 Å². The van der Waals surface area contributed by atoms with Crippen LogP contribution >= 0.6 is 0 Å². The highest BCUT2D eigenvalue weighted by Crippen LogP contribution is 2.27. The molecule has 134 valence electrons. The van der Waals surface area contributed by atoms with Crippen LogP contribution in [0, 0.1) is 5.82 Å². The Morgan fingerprint density at radius 3 is 2.56 bits per heavy atom. The fraction of sp³-hybridized carbons (Fsp3) is 0.471. The average molecular weight is 349 g/mol. The van der Waals surface area contributed by atoms with Crippen LogP contribution in [-0.4, -0.2) is 54.0 Å². The number of rotatable bonds is 2. The highest BCUT2D eigenvalue weighted by atomic mass is 19.1. The minimum absolute atomic E-state index is 0.0821. The Hall–Kier alpha value is -2.64. The van der Waals surface area contributed by atoms with E-state index in [1.807, 2.05) is 25.7 Å². The molecule has 1 aliphatic rings. The quantitative estimate of drug-likeness (QED) is 0.776. The Morgan fingerprint density at radius 2 is 1.96 bits per heavy atom.